The summed E-state index contributed by atoms with van der Waals surface area (Å²) in [6.45, 7) is 8.79. The monoisotopic (exact) mass is 475 g/mol. The van der Waals surface area contributed by atoms with Gasteiger partial charge in [-0.25, -0.2) is 9.38 Å². The molecule has 0 aliphatic heterocycles. The summed E-state index contributed by atoms with van der Waals surface area (Å²) in [5, 5.41) is 17.1. The second-order valence-corrected chi connectivity index (χ2v) is 6.28. The number of hydrogen-bond acceptors (Lipinski definition) is 3. The molecule has 1 aromatic carbocycles. The molecule has 1 aromatic heterocycles. The van der Waals surface area contributed by atoms with Gasteiger partial charge >= 0.3 is 0 Å². The summed E-state index contributed by atoms with van der Waals surface area (Å²) >= 11 is 0. The molecular formula is C19H27FIN3O2. The molecule has 1 unspecified atom stereocenters. The van der Waals surface area contributed by atoms with Gasteiger partial charge in [0.25, 0.3) is 0 Å². The SMILES string of the molecule is CCNC(=NCc1ccc(F)cc1)NCC(C)(O)c1cc(C)oc1C.I. The first-order valence-corrected chi connectivity index (χ1v) is 8.38. The second-order valence-electron chi connectivity index (χ2n) is 6.28. The van der Waals surface area contributed by atoms with E-state index in [2.05, 4.69) is 15.6 Å². The predicted octanol–water partition coefficient (Wildman–Crippen LogP) is 3.62. The minimum absolute atomic E-state index is 0. The van der Waals surface area contributed by atoms with Crippen molar-refractivity contribution >= 4 is 29.9 Å². The van der Waals surface area contributed by atoms with Crippen LogP contribution in [0, 0.1) is 19.7 Å². The first kappa shape index (κ1) is 22.4. The molecule has 2 aromatic rings. The van der Waals surface area contributed by atoms with Gasteiger partial charge in [0.1, 0.15) is 22.9 Å². The topological polar surface area (TPSA) is 69.8 Å². The molecule has 1 atom stereocenters. The summed E-state index contributed by atoms with van der Waals surface area (Å²) in [7, 11) is 0. The van der Waals surface area contributed by atoms with Gasteiger partial charge in [-0.2, -0.15) is 0 Å². The Balaban J connectivity index is 0.00000338. The normalized spacial score (nSPS) is 13.7. The van der Waals surface area contributed by atoms with Crippen molar-refractivity contribution in [3.05, 3.63) is 58.8 Å². The van der Waals surface area contributed by atoms with E-state index in [1.807, 2.05) is 26.8 Å². The zero-order valence-corrected chi connectivity index (χ0v) is 17.9. The van der Waals surface area contributed by atoms with Gasteiger partial charge in [-0.3, -0.25) is 0 Å². The number of nitrogens with one attached hydrogen (secondary N) is 2. The molecule has 26 heavy (non-hydrogen) atoms. The number of halogens is 2. The predicted molar refractivity (Wildman–Crippen MR) is 112 cm³/mol. The highest BCUT2D eigenvalue weighted by atomic mass is 127. The number of aryl methyl sites for hydroxylation is 2. The number of nitrogens with zero attached hydrogens (tertiary/aromatic N) is 1. The van der Waals surface area contributed by atoms with E-state index in [0.29, 0.717) is 24.8 Å². The van der Waals surface area contributed by atoms with Gasteiger partial charge in [0, 0.05) is 12.1 Å². The molecule has 1 heterocycles. The smallest absolute Gasteiger partial charge is 0.191 e. The summed E-state index contributed by atoms with van der Waals surface area (Å²) in [5.74, 6) is 1.80. The molecule has 0 bridgehead atoms. The lowest BCUT2D eigenvalue weighted by Gasteiger charge is -2.24. The van der Waals surface area contributed by atoms with Crippen molar-refractivity contribution in [1.29, 1.82) is 0 Å². The molecule has 0 fully saturated rings. The van der Waals surface area contributed by atoms with Gasteiger partial charge < -0.3 is 20.2 Å². The first-order chi connectivity index (χ1) is 11.8. The third kappa shape index (κ3) is 6.28. The lowest BCUT2D eigenvalue weighted by molar-refractivity contribution is 0.0601. The molecule has 0 saturated heterocycles. The average molecular weight is 475 g/mol. The zero-order valence-electron chi connectivity index (χ0n) is 15.6. The molecular weight excluding hydrogens is 448 g/mol. The van der Waals surface area contributed by atoms with Crippen LogP contribution >= 0.6 is 24.0 Å². The third-order valence-electron chi connectivity index (χ3n) is 3.90. The van der Waals surface area contributed by atoms with E-state index in [1.54, 1.807) is 19.1 Å². The number of aliphatic imine (C=N–C) groups is 1. The summed E-state index contributed by atoms with van der Waals surface area (Å²) in [6, 6.07) is 8.09. The summed E-state index contributed by atoms with van der Waals surface area (Å²) in [5.41, 5.74) is 0.576. The minimum atomic E-state index is -1.09. The van der Waals surface area contributed by atoms with Crippen LogP contribution in [0.2, 0.25) is 0 Å². The molecule has 0 spiro atoms. The lowest BCUT2D eigenvalue weighted by Crippen LogP contribution is -2.44. The van der Waals surface area contributed by atoms with Crippen molar-refractivity contribution in [3.8, 4) is 0 Å². The van der Waals surface area contributed by atoms with Crippen molar-refractivity contribution in [2.45, 2.75) is 39.8 Å². The Kier molecular flexibility index (Phi) is 8.55. The molecule has 2 rings (SSSR count). The highest BCUT2D eigenvalue weighted by Crippen LogP contribution is 2.26. The summed E-state index contributed by atoms with van der Waals surface area (Å²) in [6.07, 6.45) is 0. The maximum absolute atomic E-state index is 13.0. The number of rotatable bonds is 6. The van der Waals surface area contributed by atoms with Crippen molar-refractivity contribution in [3.63, 3.8) is 0 Å². The van der Waals surface area contributed by atoms with Crippen LogP contribution < -0.4 is 10.6 Å². The molecule has 0 aliphatic rings. The second kappa shape index (κ2) is 9.91. The Morgan fingerprint density at radius 1 is 1.23 bits per heavy atom. The zero-order chi connectivity index (χ0) is 18.4. The van der Waals surface area contributed by atoms with E-state index in [-0.39, 0.29) is 36.3 Å². The van der Waals surface area contributed by atoms with Crippen molar-refractivity contribution in [2.24, 2.45) is 4.99 Å². The molecule has 0 radical (unpaired) electrons. The van der Waals surface area contributed by atoms with Crippen LogP contribution in [0.15, 0.2) is 39.7 Å². The molecule has 144 valence electrons. The molecule has 0 amide bonds. The molecule has 0 saturated carbocycles. The fourth-order valence-electron chi connectivity index (χ4n) is 2.62. The van der Waals surface area contributed by atoms with Crippen LogP contribution in [0.25, 0.3) is 0 Å². The van der Waals surface area contributed by atoms with Crippen molar-refractivity contribution < 1.29 is 13.9 Å². The van der Waals surface area contributed by atoms with E-state index in [4.69, 9.17) is 4.42 Å². The lowest BCUT2D eigenvalue weighted by atomic mass is 9.96. The van der Waals surface area contributed by atoms with Gasteiger partial charge in [0.2, 0.25) is 0 Å². The number of benzene rings is 1. The highest BCUT2D eigenvalue weighted by molar-refractivity contribution is 14.0. The maximum atomic E-state index is 13.0. The van der Waals surface area contributed by atoms with Gasteiger partial charge in [-0.15, -0.1) is 24.0 Å². The maximum Gasteiger partial charge on any atom is 0.191 e. The number of hydrogen-bond donors (Lipinski definition) is 3. The minimum Gasteiger partial charge on any atom is -0.466 e. The Labute approximate surface area is 171 Å². The average Bonchev–Trinajstić information content (AvgIpc) is 2.91. The fraction of sp³-hybridized carbons (Fsp3) is 0.421. The summed E-state index contributed by atoms with van der Waals surface area (Å²) in [4.78, 5) is 4.48. The summed E-state index contributed by atoms with van der Waals surface area (Å²) < 4.78 is 18.5. The third-order valence-corrected chi connectivity index (χ3v) is 3.90. The van der Waals surface area contributed by atoms with E-state index >= 15 is 0 Å². The van der Waals surface area contributed by atoms with Crippen molar-refractivity contribution in [1.82, 2.24) is 10.6 Å². The van der Waals surface area contributed by atoms with E-state index in [0.717, 1.165) is 16.9 Å². The Hall–Kier alpha value is -1.61. The van der Waals surface area contributed by atoms with E-state index < -0.39 is 5.60 Å². The van der Waals surface area contributed by atoms with Crippen LogP contribution in [0.1, 0.15) is 36.5 Å². The van der Waals surface area contributed by atoms with Crippen LogP contribution in [0.3, 0.4) is 0 Å². The Morgan fingerprint density at radius 3 is 2.42 bits per heavy atom. The van der Waals surface area contributed by atoms with Crippen LogP contribution in [0.4, 0.5) is 4.39 Å². The van der Waals surface area contributed by atoms with Gasteiger partial charge in [-0.05, 0) is 51.5 Å². The molecule has 0 aliphatic carbocycles. The Morgan fingerprint density at radius 2 is 1.88 bits per heavy atom. The van der Waals surface area contributed by atoms with E-state index in [9.17, 15) is 9.50 Å². The van der Waals surface area contributed by atoms with Crippen molar-refractivity contribution in [2.75, 3.05) is 13.1 Å². The van der Waals surface area contributed by atoms with Gasteiger partial charge in [0.05, 0.1) is 13.1 Å². The fourth-order valence-corrected chi connectivity index (χ4v) is 2.62. The number of guanidine groups is 1. The van der Waals surface area contributed by atoms with Crippen LogP contribution in [-0.4, -0.2) is 24.2 Å². The van der Waals surface area contributed by atoms with Crippen LogP contribution in [0.5, 0.6) is 0 Å². The number of furan rings is 1. The molecule has 7 heteroatoms. The quantitative estimate of drug-likeness (QED) is 0.339. The van der Waals surface area contributed by atoms with Crippen LogP contribution in [-0.2, 0) is 12.1 Å². The highest BCUT2D eigenvalue weighted by Gasteiger charge is 2.27. The van der Waals surface area contributed by atoms with E-state index in [1.165, 1.54) is 12.1 Å². The van der Waals surface area contributed by atoms with Gasteiger partial charge in [0.15, 0.2) is 5.96 Å². The molecule has 5 nitrogen and oxygen atoms in total. The molecule has 3 N–H and O–H groups in total. The standard InChI is InChI=1S/C19H26FN3O2.HI/c1-5-21-18(22-11-15-6-8-16(20)9-7-15)23-12-19(4,24)17-10-13(2)25-14(17)3;/h6-10,24H,5,11-12H2,1-4H3,(H2,21,22,23);1H. The Bertz CT molecular complexity index is 727. The first-order valence-electron chi connectivity index (χ1n) is 8.38. The number of aliphatic hydroxyl groups is 1. The van der Waals surface area contributed by atoms with Gasteiger partial charge in [-0.1, -0.05) is 12.1 Å². The largest absolute Gasteiger partial charge is 0.466 e.